The van der Waals surface area contributed by atoms with Crippen molar-refractivity contribution in [3.63, 3.8) is 0 Å². The Kier molecular flexibility index (Phi) is 5.64. The number of rotatable bonds is 6. The molecular formula is C12H18N2O3S. The Hall–Kier alpha value is -1.56. The molecule has 0 saturated carbocycles. The van der Waals surface area contributed by atoms with E-state index in [9.17, 15) is 9.00 Å². The number of para-hydroxylation sites is 1. The minimum absolute atomic E-state index is 0.242. The summed E-state index contributed by atoms with van der Waals surface area (Å²) in [5.74, 6) is 0.819. The van der Waals surface area contributed by atoms with Crippen LogP contribution < -0.4 is 15.8 Å². The maximum Gasteiger partial charge on any atom is 0.253 e. The third kappa shape index (κ3) is 4.03. The second kappa shape index (κ2) is 7.00. The van der Waals surface area contributed by atoms with E-state index >= 15 is 0 Å². The van der Waals surface area contributed by atoms with E-state index in [-0.39, 0.29) is 5.91 Å². The summed E-state index contributed by atoms with van der Waals surface area (Å²) in [5.41, 5.74) is 6.54. The van der Waals surface area contributed by atoms with Gasteiger partial charge < -0.3 is 15.8 Å². The highest BCUT2D eigenvalue weighted by Gasteiger charge is 2.12. The number of nitrogens with one attached hydrogen (secondary N) is 1. The Morgan fingerprint density at radius 3 is 2.83 bits per heavy atom. The molecule has 18 heavy (non-hydrogen) atoms. The van der Waals surface area contributed by atoms with Gasteiger partial charge in [-0.05, 0) is 18.6 Å². The molecule has 1 amide bonds. The molecule has 5 nitrogen and oxygen atoms in total. The summed E-state index contributed by atoms with van der Waals surface area (Å²) in [6.07, 6.45) is 2.32. The minimum Gasteiger partial charge on any atom is -0.495 e. The summed E-state index contributed by atoms with van der Waals surface area (Å²) in [6.45, 7) is 0.481. The van der Waals surface area contributed by atoms with E-state index in [1.54, 1.807) is 24.5 Å². The molecule has 0 radical (unpaired) electrons. The third-order valence-corrected chi connectivity index (χ3v) is 3.29. The SMILES string of the molecule is COc1cccc(C(=O)NCCCS(C)=O)c1N. The fraction of sp³-hybridized carbons (Fsp3) is 0.417. The van der Waals surface area contributed by atoms with Crippen LogP contribution in [0.4, 0.5) is 5.69 Å². The van der Waals surface area contributed by atoms with E-state index < -0.39 is 10.8 Å². The van der Waals surface area contributed by atoms with Crippen LogP contribution in [0, 0.1) is 0 Å². The van der Waals surface area contributed by atoms with Gasteiger partial charge >= 0.3 is 0 Å². The largest absolute Gasteiger partial charge is 0.495 e. The van der Waals surface area contributed by atoms with Crippen LogP contribution >= 0.6 is 0 Å². The van der Waals surface area contributed by atoms with Crippen LogP contribution in [-0.4, -0.2) is 35.8 Å². The average Bonchev–Trinajstić information content (AvgIpc) is 2.34. The molecule has 0 spiro atoms. The summed E-state index contributed by atoms with van der Waals surface area (Å²) in [7, 11) is 0.674. The first kappa shape index (κ1) is 14.5. The number of carbonyl (C=O) groups is 1. The Labute approximate surface area is 109 Å². The standard InChI is InChI=1S/C12H18N2O3S/c1-17-10-6-3-5-9(11(10)13)12(15)14-7-4-8-18(2)16/h3,5-6H,4,7-8,13H2,1-2H3,(H,14,15). The number of hydrogen-bond acceptors (Lipinski definition) is 4. The van der Waals surface area contributed by atoms with Crippen molar-refractivity contribution in [3.8, 4) is 5.75 Å². The van der Waals surface area contributed by atoms with Crippen molar-refractivity contribution in [1.29, 1.82) is 0 Å². The maximum absolute atomic E-state index is 11.9. The minimum atomic E-state index is -0.830. The van der Waals surface area contributed by atoms with Crippen molar-refractivity contribution >= 4 is 22.4 Å². The maximum atomic E-state index is 11.9. The molecule has 1 aromatic carbocycles. The molecule has 1 aromatic rings. The summed E-state index contributed by atoms with van der Waals surface area (Å²) in [5, 5.41) is 2.74. The van der Waals surface area contributed by atoms with Crippen LogP contribution in [0.2, 0.25) is 0 Å². The highest BCUT2D eigenvalue weighted by molar-refractivity contribution is 7.84. The number of carbonyl (C=O) groups excluding carboxylic acids is 1. The fourth-order valence-electron chi connectivity index (χ4n) is 1.49. The molecule has 1 rings (SSSR count). The molecular weight excluding hydrogens is 252 g/mol. The summed E-state index contributed by atoms with van der Waals surface area (Å²) < 4.78 is 15.9. The molecule has 0 aromatic heterocycles. The first-order valence-corrected chi connectivity index (χ1v) is 7.29. The van der Waals surface area contributed by atoms with Gasteiger partial charge in [-0.1, -0.05) is 6.07 Å². The van der Waals surface area contributed by atoms with Crippen molar-refractivity contribution in [2.75, 3.05) is 31.4 Å². The Morgan fingerprint density at radius 1 is 1.50 bits per heavy atom. The lowest BCUT2D eigenvalue weighted by Crippen LogP contribution is -2.26. The van der Waals surface area contributed by atoms with Gasteiger partial charge in [-0.2, -0.15) is 0 Å². The van der Waals surface area contributed by atoms with Crippen molar-refractivity contribution in [2.45, 2.75) is 6.42 Å². The molecule has 0 bridgehead atoms. The number of methoxy groups -OCH3 is 1. The van der Waals surface area contributed by atoms with Gasteiger partial charge in [-0.25, -0.2) is 0 Å². The zero-order valence-electron chi connectivity index (χ0n) is 10.6. The molecule has 0 aliphatic heterocycles. The normalized spacial score (nSPS) is 11.9. The predicted octanol–water partition coefficient (Wildman–Crippen LogP) is 0.776. The van der Waals surface area contributed by atoms with E-state index in [0.717, 1.165) is 0 Å². The van der Waals surface area contributed by atoms with Gasteiger partial charge in [-0.3, -0.25) is 9.00 Å². The molecule has 0 aliphatic carbocycles. The summed E-state index contributed by atoms with van der Waals surface area (Å²) >= 11 is 0. The number of benzene rings is 1. The smallest absolute Gasteiger partial charge is 0.253 e. The van der Waals surface area contributed by atoms with Crippen LogP contribution in [-0.2, 0) is 10.8 Å². The van der Waals surface area contributed by atoms with Crippen molar-refractivity contribution < 1.29 is 13.7 Å². The van der Waals surface area contributed by atoms with Crippen molar-refractivity contribution in [3.05, 3.63) is 23.8 Å². The van der Waals surface area contributed by atoms with E-state index in [2.05, 4.69) is 5.32 Å². The topological polar surface area (TPSA) is 81.4 Å². The number of anilines is 1. The number of hydrogen-bond donors (Lipinski definition) is 2. The van der Waals surface area contributed by atoms with E-state index in [4.69, 9.17) is 10.5 Å². The molecule has 0 fully saturated rings. The van der Waals surface area contributed by atoms with Gasteiger partial charge in [0.15, 0.2) is 0 Å². The summed E-state index contributed by atoms with van der Waals surface area (Å²) in [6, 6.07) is 5.06. The number of nitrogens with two attached hydrogens (primary N) is 1. The zero-order valence-corrected chi connectivity index (χ0v) is 11.4. The highest BCUT2D eigenvalue weighted by Crippen LogP contribution is 2.24. The molecule has 6 heteroatoms. The van der Waals surface area contributed by atoms with Gasteiger partial charge in [0.1, 0.15) is 5.75 Å². The van der Waals surface area contributed by atoms with E-state index in [0.29, 0.717) is 35.7 Å². The predicted molar refractivity (Wildman–Crippen MR) is 73.3 cm³/mol. The van der Waals surface area contributed by atoms with Gasteiger partial charge in [0.05, 0.1) is 18.4 Å². The lowest BCUT2D eigenvalue weighted by atomic mass is 10.1. The van der Waals surface area contributed by atoms with Crippen LogP contribution in [0.1, 0.15) is 16.8 Å². The zero-order chi connectivity index (χ0) is 13.5. The molecule has 1 unspecified atom stereocenters. The average molecular weight is 270 g/mol. The van der Waals surface area contributed by atoms with Gasteiger partial charge in [0.25, 0.3) is 5.91 Å². The second-order valence-electron chi connectivity index (χ2n) is 3.81. The Balaban J connectivity index is 2.59. The molecule has 3 N–H and O–H groups in total. The monoisotopic (exact) mass is 270 g/mol. The van der Waals surface area contributed by atoms with Crippen molar-refractivity contribution in [1.82, 2.24) is 5.32 Å². The number of amides is 1. The first-order valence-electron chi connectivity index (χ1n) is 5.57. The fourth-order valence-corrected chi connectivity index (χ4v) is 2.04. The van der Waals surface area contributed by atoms with E-state index in [1.807, 2.05) is 0 Å². The first-order chi connectivity index (χ1) is 8.56. The number of ether oxygens (including phenoxy) is 1. The lowest BCUT2D eigenvalue weighted by molar-refractivity contribution is 0.0954. The lowest BCUT2D eigenvalue weighted by Gasteiger charge is -2.10. The van der Waals surface area contributed by atoms with Crippen LogP contribution in [0.5, 0.6) is 5.75 Å². The molecule has 0 saturated heterocycles. The highest BCUT2D eigenvalue weighted by atomic mass is 32.2. The molecule has 100 valence electrons. The van der Waals surface area contributed by atoms with Gasteiger partial charge in [0, 0.05) is 29.4 Å². The summed E-state index contributed by atoms with van der Waals surface area (Å²) in [4.78, 5) is 11.9. The third-order valence-electron chi connectivity index (χ3n) is 2.42. The van der Waals surface area contributed by atoms with Gasteiger partial charge in [-0.15, -0.1) is 0 Å². The van der Waals surface area contributed by atoms with Crippen LogP contribution in [0.25, 0.3) is 0 Å². The van der Waals surface area contributed by atoms with Crippen LogP contribution in [0.3, 0.4) is 0 Å². The number of nitrogen functional groups attached to an aromatic ring is 1. The van der Waals surface area contributed by atoms with E-state index in [1.165, 1.54) is 7.11 Å². The van der Waals surface area contributed by atoms with Crippen LogP contribution in [0.15, 0.2) is 18.2 Å². The molecule has 0 aliphatic rings. The molecule has 1 atom stereocenters. The molecule has 0 heterocycles. The van der Waals surface area contributed by atoms with Gasteiger partial charge in [0.2, 0.25) is 0 Å². The van der Waals surface area contributed by atoms with Crippen molar-refractivity contribution in [2.24, 2.45) is 0 Å². The Bertz CT molecular complexity index is 449. The second-order valence-corrected chi connectivity index (χ2v) is 5.36. The Morgan fingerprint density at radius 2 is 2.22 bits per heavy atom. The quantitative estimate of drug-likeness (QED) is 0.591.